The van der Waals surface area contributed by atoms with Crippen molar-refractivity contribution in [3.63, 3.8) is 0 Å². The zero-order valence-corrected chi connectivity index (χ0v) is 8.79. The molecule has 1 aromatic carbocycles. The van der Waals surface area contributed by atoms with Crippen LogP contribution in [0.1, 0.15) is 21.7 Å². The normalized spacial score (nSPS) is 10.3. The molecular weight excluding hydrogens is 206 g/mol. The van der Waals surface area contributed by atoms with Gasteiger partial charge in [-0.25, -0.2) is 14.5 Å². The predicted molar refractivity (Wildman–Crippen MR) is 57.3 cm³/mol. The highest BCUT2D eigenvalue weighted by atomic mass is 16.4. The Morgan fingerprint density at radius 3 is 2.81 bits per heavy atom. The van der Waals surface area contributed by atoms with Crippen LogP contribution < -0.4 is 0 Å². The molecule has 0 radical (unpaired) electrons. The second-order valence-corrected chi connectivity index (χ2v) is 3.50. The van der Waals surface area contributed by atoms with E-state index in [-0.39, 0.29) is 5.82 Å². The number of benzene rings is 1. The molecule has 82 valence electrons. The minimum absolute atomic E-state index is 0.173. The lowest BCUT2D eigenvalue weighted by Crippen LogP contribution is -2.05. The molecule has 0 bridgehead atoms. The van der Waals surface area contributed by atoms with Crippen LogP contribution in [0.2, 0.25) is 0 Å². The van der Waals surface area contributed by atoms with Gasteiger partial charge in [0.25, 0.3) is 5.82 Å². The van der Waals surface area contributed by atoms with Crippen LogP contribution >= 0.6 is 0 Å². The van der Waals surface area contributed by atoms with Gasteiger partial charge in [-0.3, -0.25) is 0 Å². The van der Waals surface area contributed by atoms with Gasteiger partial charge in [-0.1, -0.05) is 24.3 Å². The maximum absolute atomic E-state index is 10.6. The molecule has 0 amide bonds. The van der Waals surface area contributed by atoms with Gasteiger partial charge in [0.05, 0.1) is 6.54 Å². The van der Waals surface area contributed by atoms with Gasteiger partial charge >= 0.3 is 5.97 Å². The van der Waals surface area contributed by atoms with E-state index in [1.54, 1.807) is 0 Å². The maximum atomic E-state index is 10.6. The molecule has 0 aliphatic carbocycles. The van der Waals surface area contributed by atoms with E-state index in [0.717, 1.165) is 11.1 Å². The molecule has 1 aromatic heterocycles. The third-order valence-corrected chi connectivity index (χ3v) is 2.32. The van der Waals surface area contributed by atoms with Crippen molar-refractivity contribution < 1.29 is 9.90 Å². The first-order chi connectivity index (χ1) is 7.66. The summed E-state index contributed by atoms with van der Waals surface area (Å²) in [4.78, 5) is 14.3. The zero-order chi connectivity index (χ0) is 11.5. The molecule has 5 nitrogen and oxygen atoms in total. The fraction of sp³-hybridized carbons (Fsp3) is 0.182. The second kappa shape index (κ2) is 4.14. The van der Waals surface area contributed by atoms with Gasteiger partial charge in [0.2, 0.25) is 0 Å². The van der Waals surface area contributed by atoms with Gasteiger partial charge in [-0.05, 0) is 18.1 Å². The molecule has 0 fully saturated rings. The summed E-state index contributed by atoms with van der Waals surface area (Å²) in [6.07, 6.45) is 1.43. The van der Waals surface area contributed by atoms with Gasteiger partial charge in [-0.15, -0.1) is 5.10 Å². The molecular formula is C11H11N3O2. The van der Waals surface area contributed by atoms with E-state index >= 15 is 0 Å². The lowest BCUT2D eigenvalue weighted by molar-refractivity contribution is 0.0683. The molecule has 2 rings (SSSR count). The third kappa shape index (κ3) is 2.08. The van der Waals surface area contributed by atoms with Crippen molar-refractivity contribution in [3.05, 3.63) is 47.5 Å². The SMILES string of the molecule is Cc1ccccc1Cn1cnc(C(=O)O)n1. The predicted octanol–water partition coefficient (Wildman–Crippen LogP) is 1.33. The number of aromatic nitrogens is 3. The Hall–Kier alpha value is -2.17. The van der Waals surface area contributed by atoms with E-state index in [4.69, 9.17) is 5.11 Å². The van der Waals surface area contributed by atoms with Crippen LogP contribution in [0.4, 0.5) is 0 Å². The van der Waals surface area contributed by atoms with Crippen molar-refractivity contribution in [3.8, 4) is 0 Å². The Balaban J connectivity index is 2.21. The molecule has 2 aromatic rings. The fourth-order valence-corrected chi connectivity index (χ4v) is 1.43. The number of nitrogens with zero attached hydrogens (tertiary/aromatic N) is 3. The van der Waals surface area contributed by atoms with E-state index in [1.807, 2.05) is 31.2 Å². The largest absolute Gasteiger partial charge is 0.475 e. The lowest BCUT2D eigenvalue weighted by atomic mass is 10.1. The van der Waals surface area contributed by atoms with Gasteiger partial charge in [0.1, 0.15) is 6.33 Å². The monoisotopic (exact) mass is 217 g/mol. The molecule has 16 heavy (non-hydrogen) atoms. The molecule has 0 spiro atoms. The summed E-state index contributed by atoms with van der Waals surface area (Å²) in [5, 5.41) is 12.5. The van der Waals surface area contributed by atoms with Crippen molar-refractivity contribution >= 4 is 5.97 Å². The zero-order valence-electron chi connectivity index (χ0n) is 8.79. The molecule has 5 heteroatoms. The van der Waals surface area contributed by atoms with E-state index in [1.165, 1.54) is 11.0 Å². The van der Waals surface area contributed by atoms with Crippen molar-refractivity contribution in [1.29, 1.82) is 0 Å². The Labute approximate surface area is 92.4 Å². The summed E-state index contributed by atoms with van der Waals surface area (Å²) >= 11 is 0. The number of aryl methyl sites for hydroxylation is 1. The van der Waals surface area contributed by atoms with Gasteiger partial charge in [0.15, 0.2) is 0 Å². The molecule has 0 atom stereocenters. The van der Waals surface area contributed by atoms with E-state index in [0.29, 0.717) is 6.54 Å². The van der Waals surface area contributed by atoms with Crippen molar-refractivity contribution in [2.24, 2.45) is 0 Å². The lowest BCUT2D eigenvalue weighted by Gasteiger charge is -2.04. The molecule has 1 N–H and O–H groups in total. The Morgan fingerprint density at radius 1 is 1.44 bits per heavy atom. The number of hydrogen-bond donors (Lipinski definition) is 1. The van der Waals surface area contributed by atoms with E-state index in [2.05, 4.69) is 10.1 Å². The summed E-state index contributed by atoms with van der Waals surface area (Å²) in [6, 6.07) is 7.89. The van der Waals surface area contributed by atoms with Crippen LogP contribution in [0, 0.1) is 6.92 Å². The van der Waals surface area contributed by atoms with Crippen molar-refractivity contribution in [2.75, 3.05) is 0 Å². The van der Waals surface area contributed by atoms with Crippen molar-refractivity contribution in [2.45, 2.75) is 13.5 Å². The van der Waals surface area contributed by atoms with Gasteiger partial charge in [-0.2, -0.15) is 0 Å². The van der Waals surface area contributed by atoms with Crippen molar-refractivity contribution in [1.82, 2.24) is 14.8 Å². The van der Waals surface area contributed by atoms with Crippen LogP contribution in [0.25, 0.3) is 0 Å². The minimum Gasteiger partial charge on any atom is -0.475 e. The first-order valence-electron chi connectivity index (χ1n) is 4.84. The minimum atomic E-state index is -1.11. The molecule has 1 heterocycles. The standard InChI is InChI=1S/C11H11N3O2/c1-8-4-2-3-5-9(8)6-14-7-12-10(13-14)11(15)16/h2-5,7H,6H2,1H3,(H,15,16). The molecule has 0 saturated carbocycles. The van der Waals surface area contributed by atoms with Crippen LogP contribution in [-0.4, -0.2) is 25.8 Å². The quantitative estimate of drug-likeness (QED) is 0.842. The highest BCUT2D eigenvalue weighted by Gasteiger charge is 2.09. The first-order valence-corrected chi connectivity index (χ1v) is 4.84. The smallest absolute Gasteiger partial charge is 0.375 e. The number of hydrogen-bond acceptors (Lipinski definition) is 3. The number of aromatic carboxylic acids is 1. The van der Waals surface area contributed by atoms with Crippen LogP contribution in [0.3, 0.4) is 0 Å². The molecule has 0 unspecified atom stereocenters. The average Bonchev–Trinajstić information content (AvgIpc) is 2.70. The molecule has 0 aliphatic heterocycles. The Kier molecular flexibility index (Phi) is 2.68. The van der Waals surface area contributed by atoms with Crippen LogP contribution in [0.5, 0.6) is 0 Å². The van der Waals surface area contributed by atoms with Crippen LogP contribution in [-0.2, 0) is 6.54 Å². The second-order valence-electron chi connectivity index (χ2n) is 3.50. The van der Waals surface area contributed by atoms with E-state index in [9.17, 15) is 4.79 Å². The molecule has 0 aliphatic rings. The summed E-state index contributed by atoms with van der Waals surface area (Å²) in [5.41, 5.74) is 2.25. The Bertz CT molecular complexity index is 519. The fourth-order valence-electron chi connectivity index (χ4n) is 1.43. The summed E-state index contributed by atoms with van der Waals surface area (Å²) in [6.45, 7) is 2.54. The highest BCUT2D eigenvalue weighted by Crippen LogP contribution is 2.08. The van der Waals surface area contributed by atoms with E-state index < -0.39 is 5.97 Å². The maximum Gasteiger partial charge on any atom is 0.375 e. The summed E-state index contributed by atoms with van der Waals surface area (Å²) < 4.78 is 1.52. The summed E-state index contributed by atoms with van der Waals surface area (Å²) in [5.74, 6) is -1.28. The number of carbonyl (C=O) groups is 1. The summed E-state index contributed by atoms with van der Waals surface area (Å²) in [7, 11) is 0. The van der Waals surface area contributed by atoms with Gasteiger partial charge in [0, 0.05) is 0 Å². The van der Waals surface area contributed by atoms with Gasteiger partial charge < -0.3 is 5.11 Å². The Morgan fingerprint density at radius 2 is 2.19 bits per heavy atom. The highest BCUT2D eigenvalue weighted by molar-refractivity contribution is 5.82. The van der Waals surface area contributed by atoms with Crippen LogP contribution in [0.15, 0.2) is 30.6 Å². The number of carboxylic acid groups (broad SMARTS) is 1. The number of rotatable bonds is 3. The molecule has 0 saturated heterocycles. The topological polar surface area (TPSA) is 68.0 Å². The number of carboxylic acids is 1. The average molecular weight is 217 g/mol. The first kappa shape index (κ1) is 10.4. The third-order valence-electron chi connectivity index (χ3n) is 2.32.